The number of benzene rings is 2. The third kappa shape index (κ3) is 3.83. The molecular formula is C21H19NO4. The number of aromatic carboxylic acids is 1. The summed E-state index contributed by atoms with van der Waals surface area (Å²) in [4.78, 5) is 22.9. The molecule has 5 heteroatoms. The third-order valence-electron chi connectivity index (χ3n) is 4.05. The predicted molar refractivity (Wildman–Crippen MR) is 100 cm³/mol. The van der Waals surface area contributed by atoms with Crippen molar-refractivity contribution in [2.45, 2.75) is 13.5 Å². The van der Waals surface area contributed by atoms with Gasteiger partial charge in [0.15, 0.2) is 0 Å². The van der Waals surface area contributed by atoms with Crippen LogP contribution in [-0.4, -0.2) is 28.2 Å². The Morgan fingerprint density at radius 2 is 1.85 bits per heavy atom. The van der Waals surface area contributed by atoms with Gasteiger partial charge in [0.05, 0.1) is 6.61 Å². The van der Waals surface area contributed by atoms with Crippen LogP contribution in [0.25, 0.3) is 17.0 Å². The number of nitrogens with zero attached hydrogens (tertiary/aromatic N) is 1. The highest BCUT2D eigenvalue weighted by Gasteiger charge is 2.14. The van der Waals surface area contributed by atoms with Gasteiger partial charge in [-0.2, -0.15) is 0 Å². The number of carbonyl (C=O) groups excluding carboxylic acids is 1. The lowest BCUT2D eigenvalue weighted by atomic mass is 10.1. The van der Waals surface area contributed by atoms with Crippen LogP contribution in [0, 0.1) is 0 Å². The van der Waals surface area contributed by atoms with Crippen molar-refractivity contribution >= 4 is 28.9 Å². The molecule has 132 valence electrons. The normalized spacial score (nSPS) is 11.1. The minimum absolute atomic E-state index is 0.262. The lowest BCUT2D eigenvalue weighted by Gasteiger charge is -2.09. The zero-order valence-electron chi connectivity index (χ0n) is 14.4. The first kappa shape index (κ1) is 17.5. The summed E-state index contributed by atoms with van der Waals surface area (Å²) in [6, 6.07) is 16.9. The van der Waals surface area contributed by atoms with Crippen LogP contribution < -0.4 is 0 Å². The van der Waals surface area contributed by atoms with E-state index in [2.05, 4.69) is 0 Å². The van der Waals surface area contributed by atoms with Gasteiger partial charge in [-0.05, 0) is 36.3 Å². The van der Waals surface area contributed by atoms with Crippen molar-refractivity contribution in [1.82, 2.24) is 4.57 Å². The first-order chi connectivity index (χ1) is 12.6. The second-order valence-corrected chi connectivity index (χ2v) is 5.81. The fourth-order valence-corrected chi connectivity index (χ4v) is 2.83. The molecule has 1 heterocycles. The summed E-state index contributed by atoms with van der Waals surface area (Å²) in [5, 5.41) is 10.4. The van der Waals surface area contributed by atoms with Gasteiger partial charge >= 0.3 is 11.9 Å². The predicted octanol–water partition coefficient (Wildman–Crippen LogP) is 3.96. The molecule has 1 aromatic heterocycles. The Hall–Kier alpha value is -3.34. The molecule has 3 rings (SSSR count). The van der Waals surface area contributed by atoms with Crippen molar-refractivity contribution in [3.8, 4) is 0 Å². The van der Waals surface area contributed by atoms with E-state index in [0.717, 1.165) is 22.0 Å². The summed E-state index contributed by atoms with van der Waals surface area (Å²) in [5.41, 5.74) is 2.99. The monoisotopic (exact) mass is 349 g/mol. The van der Waals surface area contributed by atoms with Gasteiger partial charge in [0.2, 0.25) is 0 Å². The number of carboxylic acids is 1. The average Bonchev–Trinajstić information content (AvgIpc) is 3.00. The Bertz CT molecular complexity index is 967. The van der Waals surface area contributed by atoms with E-state index >= 15 is 0 Å². The highest BCUT2D eigenvalue weighted by atomic mass is 16.5. The highest BCUT2D eigenvalue weighted by molar-refractivity contribution is 5.94. The number of esters is 1. The third-order valence-corrected chi connectivity index (χ3v) is 4.05. The van der Waals surface area contributed by atoms with Crippen molar-refractivity contribution in [3.63, 3.8) is 0 Å². The van der Waals surface area contributed by atoms with Crippen LogP contribution in [0.15, 0.2) is 60.7 Å². The van der Waals surface area contributed by atoms with Gasteiger partial charge in [-0.15, -0.1) is 0 Å². The molecule has 0 saturated heterocycles. The van der Waals surface area contributed by atoms with Crippen LogP contribution in [-0.2, 0) is 16.1 Å². The maximum Gasteiger partial charge on any atom is 0.352 e. The van der Waals surface area contributed by atoms with Gasteiger partial charge in [0, 0.05) is 23.5 Å². The minimum Gasteiger partial charge on any atom is -0.477 e. The Morgan fingerprint density at radius 1 is 1.12 bits per heavy atom. The van der Waals surface area contributed by atoms with Crippen LogP contribution in [0.4, 0.5) is 0 Å². The number of hydrogen-bond acceptors (Lipinski definition) is 3. The Morgan fingerprint density at radius 3 is 2.54 bits per heavy atom. The molecule has 0 spiro atoms. The zero-order valence-corrected chi connectivity index (χ0v) is 14.4. The maximum absolute atomic E-state index is 11.6. The van der Waals surface area contributed by atoms with Crippen LogP contribution in [0.1, 0.15) is 28.5 Å². The number of aromatic nitrogens is 1. The molecule has 5 nitrogen and oxygen atoms in total. The van der Waals surface area contributed by atoms with Gasteiger partial charge in [0.25, 0.3) is 0 Å². The first-order valence-corrected chi connectivity index (χ1v) is 8.34. The summed E-state index contributed by atoms with van der Waals surface area (Å²) in [7, 11) is 0. The second-order valence-electron chi connectivity index (χ2n) is 5.81. The van der Waals surface area contributed by atoms with Gasteiger partial charge < -0.3 is 14.4 Å². The number of ether oxygens (including phenoxy) is 1. The zero-order chi connectivity index (χ0) is 18.5. The Balaban J connectivity index is 1.84. The van der Waals surface area contributed by atoms with Crippen LogP contribution in [0.5, 0.6) is 0 Å². The standard InChI is InChI=1S/C21H19NO4/c1-2-26-20(23)12-11-15-7-9-16(10-8-15)14-22-18-6-4-3-5-17(18)13-19(22)21(24)25/h3-13H,2,14H2,1H3,(H,24,25). The van der Waals surface area contributed by atoms with E-state index in [4.69, 9.17) is 4.74 Å². The van der Waals surface area contributed by atoms with E-state index in [1.165, 1.54) is 6.08 Å². The summed E-state index contributed by atoms with van der Waals surface area (Å²) < 4.78 is 6.64. The van der Waals surface area contributed by atoms with E-state index in [1.54, 1.807) is 23.6 Å². The van der Waals surface area contributed by atoms with E-state index < -0.39 is 5.97 Å². The van der Waals surface area contributed by atoms with Gasteiger partial charge in [-0.1, -0.05) is 42.5 Å². The van der Waals surface area contributed by atoms with Crippen LogP contribution in [0.2, 0.25) is 0 Å². The fraction of sp³-hybridized carbons (Fsp3) is 0.143. The van der Waals surface area contributed by atoms with Gasteiger partial charge in [-0.25, -0.2) is 9.59 Å². The molecule has 0 aliphatic rings. The number of carboxylic acid groups (broad SMARTS) is 1. The number of hydrogen-bond donors (Lipinski definition) is 1. The highest BCUT2D eigenvalue weighted by Crippen LogP contribution is 2.21. The van der Waals surface area contributed by atoms with Crippen molar-refractivity contribution in [2.75, 3.05) is 6.61 Å². The molecule has 0 aliphatic carbocycles. The fourth-order valence-electron chi connectivity index (χ4n) is 2.83. The molecule has 0 bridgehead atoms. The Kier molecular flexibility index (Phi) is 5.17. The SMILES string of the molecule is CCOC(=O)C=Cc1ccc(Cn2c(C(=O)O)cc3ccccc32)cc1. The lowest BCUT2D eigenvalue weighted by molar-refractivity contribution is -0.137. The lowest BCUT2D eigenvalue weighted by Crippen LogP contribution is -2.09. The number of carbonyl (C=O) groups is 2. The largest absolute Gasteiger partial charge is 0.477 e. The molecule has 0 radical (unpaired) electrons. The van der Waals surface area contributed by atoms with E-state index in [1.807, 2.05) is 48.5 Å². The molecule has 26 heavy (non-hydrogen) atoms. The summed E-state index contributed by atoms with van der Waals surface area (Å²) in [6.07, 6.45) is 3.08. The molecule has 1 N–H and O–H groups in total. The number of rotatable bonds is 6. The molecule has 2 aromatic carbocycles. The average molecular weight is 349 g/mol. The van der Waals surface area contributed by atoms with Crippen LogP contribution >= 0.6 is 0 Å². The minimum atomic E-state index is -0.949. The quantitative estimate of drug-likeness (QED) is 0.540. The van der Waals surface area contributed by atoms with Crippen molar-refractivity contribution in [3.05, 3.63) is 77.5 Å². The van der Waals surface area contributed by atoms with Gasteiger partial charge in [0.1, 0.15) is 5.69 Å². The molecule has 3 aromatic rings. The topological polar surface area (TPSA) is 68.5 Å². The second kappa shape index (κ2) is 7.70. The van der Waals surface area contributed by atoms with E-state index in [9.17, 15) is 14.7 Å². The molecule has 0 unspecified atom stereocenters. The first-order valence-electron chi connectivity index (χ1n) is 8.34. The van der Waals surface area contributed by atoms with E-state index in [-0.39, 0.29) is 11.7 Å². The maximum atomic E-state index is 11.6. The molecular weight excluding hydrogens is 330 g/mol. The van der Waals surface area contributed by atoms with Crippen molar-refractivity contribution < 1.29 is 19.4 Å². The molecule has 0 saturated carbocycles. The van der Waals surface area contributed by atoms with Crippen molar-refractivity contribution in [1.29, 1.82) is 0 Å². The van der Waals surface area contributed by atoms with E-state index in [0.29, 0.717) is 13.2 Å². The molecule has 0 fully saturated rings. The van der Waals surface area contributed by atoms with Crippen molar-refractivity contribution in [2.24, 2.45) is 0 Å². The molecule has 0 aliphatic heterocycles. The number of fused-ring (bicyclic) bond motifs is 1. The summed E-state index contributed by atoms with van der Waals surface area (Å²) >= 11 is 0. The van der Waals surface area contributed by atoms with Gasteiger partial charge in [-0.3, -0.25) is 0 Å². The molecule has 0 atom stereocenters. The number of para-hydroxylation sites is 1. The van der Waals surface area contributed by atoms with Crippen LogP contribution in [0.3, 0.4) is 0 Å². The summed E-state index contributed by atoms with van der Waals surface area (Å²) in [6.45, 7) is 2.56. The molecule has 0 amide bonds. The smallest absolute Gasteiger partial charge is 0.352 e. The Labute approximate surface area is 151 Å². The summed E-state index contributed by atoms with van der Waals surface area (Å²) in [5.74, 6) is -1.32.